The van der Waals surface area contributed by atoms with E-state index < -0.39 is 5.82 Å². The van der Waals surface area contributed by atoms with Crippen molar-refractivity contribution in [2.45, 2.75) is 13.5 Å². The third kappa shape index (κ3) is 3.54. The number of halogens is 1. The zero-order chi connectivity index (χ0) is 18.8. The molecule has 1 saturated heterocycles. The van der Waals surface area contributed by atoms with Crippen LogP contribution in [0.15, 0.2) is 28.2 Å². The molecule has 9 heteroatoms. The number of piperazine rings is 1. The minimum absolute atomic E-state index is 0.105. The maximum absolute atomic E-state index is 13.8. The average Bonchev–Trinajstić information content (AvgIpc) is 3.31. The molecule has 1 aliphatic rings. The van der Waals surface area contributed by atoms with Crippen LogP contribution in [0.25, 0.3) is 10.8 Å². The van der Waals surface area contributed by atoms with Gasteiger partial charge in [-0.3, -0.25) is 4.90 Å². The number of benzene rings is 1. The summed E-state index contributed by atoms with van der Waals surface area (Å²) in [5.74, 6) is 0.659. The quantitative estimate of drug-likeness (QED) is 0.684. The van der Waals surface area contributed by atoms with Crippen molar-refractivity contribution in [1.29, 1.82) is 5.26 Å². The molecule has 0 atom stereocenters. The predicted molar refractivity (Wildman–Crippen MR) is 98.7 cm³/mol. The van der Waals surface area contributed by atoms with Gasteiger partial charge in [0.1, 0.15) is 22.3 Å². The van der Waals surface area contributed by atoms with E-state index in [4.69, 9.17) is 4.52 Å². The van der Waals surface area contributed by atoms with Crippen molar-refractivity contribution in [1.82, 2.24) is 20.0 Å². The van der Waals surface area contributed by atoms with Crippen LogP contribution in [0.4, 0.5) is 10.1 Å². The maximum atomic E-state index is 13.8. The van der Waals surface area contributed by atoms with Gasteiger partial charge in [-0.05, 0) is 19.1 Å². The Balaban J connectivity index is 1.39. The molecule has 0 saturated carbocycles. The highest BCUT2D eigenvalue weighted by Crippen LogP contribution is 2.26. The predicted octanol–water partition coefficient (Wildman–Crippen LogP) is 2.83. The summed E-state index contributed by atoms with van der Waals surface area (Å²) in [5, 5.41) is 13.3. The molecule has 1 fully saturated rings. The molecule has 138 valence electrons. The number of anilines is 1. The molecule has 1 aromatic carbocycles. The van der Waals surface area contributed by atoms with Crippen molar-refractivity contribution < 1.29 is 8.91 Å². The summed E-state index contributed by atoms with van der Waals surface area (Å²) in [7, 11) is 0. The van der Waals surface area contributed by atoms with Crippen LogP contribution in [0.5, 0.6) is 0 Å². The van der Waals surface area contributed by atoms with Crippen LogP contribution in [-0.4, -0.2) is 46.2 Å². The van der Waals surface area contributed by atoms with Gasteiger partial charge in [0, 0.05) is 26.2 Å². The number of rotatable bonds is 4. The molecule has 3 heterocycles. The van der Waals surface area contributed by atoms with E-state index in [-0.39, 0.29) is 5.56 Å². The van der Waals surface area contributed by atoms with E-state index in [0.717, 1.165) is 23.7 Å². The number of aryl methyl sites for hydroxylation is 1. The molecule has 3 aromatic rings. The second-order valence-electron chi connectivity index (χ2n) is 6.29. The lowest BCUT2D eigenvalue weighted by Crippen LogP contribution is -2.46. The molecule has 0 unspecified atom stereocenters. The van der Waals surface area contributed by atoms with Gasteiger partial charge >= 0.3 is 0 Å². The van der Waals surface area contributed by atoms with Gasteiger partial charge in [0.2, 0.25) is 0 Å². The Hall–Kier alpha value is -2.83. The molecule has 4 rings (SSSR count). The molecule has 0 aliphatic carbocycles. The topological polar surface area (TPSA) is 82.1 Å². The Kier molecular flexibility index (Phi) is 4.83. The molecule has 2 aromatic heterocycles. The van der Waals surface area contributed by atoms with Crippen LogP contribution < -0.4 is 4.90 Å². The lowest BCUT2D eigenvalue weighted by atomic mass is 10.1. The first kappa shape index (κ1) is 17.6. The summed E-state index contributed by atoms with van der Waals surface area (Å²) in [6.45, 7) is 5.45. The van der Waals surface area contributed by atoms with E-state index in [1.54, 1.807) is 17.6 Å². The number of nitrogens with zero attached hydrogens (tertiary/aromatic N) is 6. The minimum atomic E-state index is -0.477. The largest absolute Gasteiger partial charge is 0.368 e. The molecular weight excluding hydrogens is 367 g/mol. The van der Waals surface area contributed by atoms with Gasteiger partial charge in [0.15, 0.2) is 5.82 Å². The van der Waals surface area contributed by atoms with E-state index in [1.165, 1.54) is 17.4 Å². The molecule has 0 N–H and O–H groups in total. The van der Waals surface area contributed by atoms with Gasteiger partial charge < -0.3 is 9.42 Å². The van der Waals surface area contributed by atoms with E-state index in [9.17, 15) is 9.65 Å². The van der Waals surface area contributed by atoms with Crippen molar-refractivity contribution in [3.05, 3.63) is 46.6 Å². The monoisotopic (exact) mass is 384 g/mol. The Bertz CT molecular complexity index is 986. The van der Waals surface area contributed by atoms with E-state index in [2.05, 4.69) is 20.0 Å². The number of thiazole rings is 1. The summed E-state index contributed by atoms with van der Waals surface area (Å²) in [5.41, 5.74) is 3.40. The average molecular weight is 384 g/mol. The molecule has 1 aliphatic heterocycles. The first-order valence-electron chi connectivity index (χ1n) is 8.54. The highest BCUT2D eigenvalue weighted by molar-refractivity contribution is 7.13. The second-order valence-corrected chi connectivity index (χ2v) is 7.15. The summed E-state index contributed by atoms with van der Waals surface area (Å²) >= 11 is 1.48. The fraction of sp³-hybridized carbons (Fsp3) is 0.333. The summed E-state index contributed by atoms with van der Waals surface area (Å²) in [6, 6.07) is 6.71. The SMILES string of the molecule is Cc1ncsc1-c1nc(CN2CCN(c3cccc(F)c3C#N)CC2)no1. The first-order valence-corrected chi connectivity index (χ1v) is 9.42. The molecule has 0 radical (unpaired) electrons. The highest BCUT2D eigenvalue weighted by Gasteiger charge is 2.22. The van der Waals surface area contributed by atoms with Gasteiger partial charge in [-0.2, -0.15) is 10.2 Å². The number of nitriles is 1. The van der Waals surface area contributed by atoms with Crippen molar-refractivity contribution in [2.75, 3.05) is 31.1 Å². The zero-order valence-electron chi connectivity index (χ0n) is 14.7. The Morgan fingerprint density at radius 2 is 2.11 bits per heavy atom. The Morgan fingerprint density at radius 3 is 2.81 bits per heavy atom. The van der Waals surface area contributed by atoms with Crippen LogP contribution >= 0.6 is 11.3 Å². The molecule has 0 amide bonds. The molecular formula is C18H17FN6OS. The Labute approximate surface area is 159 Å². The lowest BCUT2D eigenvalue weighted by molar-refractivity contribution is 0.240. The lowest BCUT2D eigenvalue weighted by Gasteiger charge is -2.35. The van der Waals surface area contributed by atoms with Gasteiger partial charge in [0.05, 0.1) is 23.4 Å². The van der Waals surface area contributed by atoms with E-state index >= 15 is 0 Å². The number of hydrogen-bond acceptors (Lipinski definition) is 8. The first-order chi connectivity index (χ1) is 13.2. The zero-order valence-corrected chi connectivity index (χ0v) is 15.5. The fourth-order valence-electron chi connectivity index (χ4n) is 3.15. The maximum Gasteiger partial charge on any atom is 0.269 e. The van der Waals surface area contributed by atoms with Gasteiger partial charge in [-0.15, -0.1) is 11.3 Å². The van der Waals surface area contributed by atoms with Crippen molar-refractivity contribution in [3.63, 3.8) is 0 Å². The van der Waals surface area contributed by atoms with Crippen molar-refractivity contribution in [3.8, 4) is 16.8 Å². The molecule has 0 spiro atoms. The van der Waals surface area contributed by atoms with Gasteiger partial charge in [-0.1, -0.05) is 11.2 Å². The van der Waals surface area contributed by atoms with Crippen LogP contribution in [0.3, 0.4) is 0 Å². The van der Waals surface area contributed by atoms with Gasteiger partial charge in [-0.25, -0.2) is 9.37 Å². The van der Waals surface area contributed by atoms with Crippen molar-refractivity contribution >= 4 is 17.0 Å². The molecule has 0 bridgehead atoms. The summed E-state index contributed by atoms with van der Waals surface area (Å²) in [6.07, 6.45) is 0. The normalized spacial score (nSPS) is 15.1. The van der Waals surface area contributed by atoms with Crippen molar-refractivity contribution in [2.24, 2.45) is 0 Å². The van der Waals surface area contributed by atoms with Crippen LogP contribution in [0.1, 0.15) is 17.1 Å². The van der Waals surface area contributed by atoms with Gasteiger partial charge in [0.25, 0.3) is 5.89 Å². The molecule has 27 heavy (non-hydrogen) atoms. The third-order valence-corrected chi connectivity index (χ3v) is 5.51. The summed E-state index contributed by atoms with van der Waals surface area (Å²) < 4.78 is 19.2. The molecule has 7 nitrogen and oxygen atoms in total. The van der Waals surface area contributed by atoms with Crippen LogP contribution in [0.2, 0.25) is 0 Å². The highest BCUT2D eigenvalue weighted by atomic mass is 32.1. The Morgan fingerprint density at radius 1 is 1.30 bits per heavy atom. The van der Waals surface area contributed by atoms with E-state index in [1.807, 2.05) is 17.9 Å². The van der Waals surface area contributed by atoms with E-state index in [0.29, 0.717) is 37.0 Å². The van der Waals surface area contributed by atoms with Crippen LogP contribution in [-0.2, 0) is 6.54 Å². The number of hydrogen-bond donors (Lipinski definition) is 0. The number of aromatic nitrogens is 3. The summed E-state index contributed by atoms with van der Waals surface area (Å²) in [4.78, 5) is 13.8. The fourth-order valence-corrected chi connectivity index (χ4v) is 3.87. The third-order valence-electron chi connectivity index (χ3n) is 4.59. The van der Waals surface area contributed by atoms with Crippen LogP contribution in [0, 0.1) is 24.1 Å². The minimum Gasteiger partial charge on any atom is -0.368 e. The smallest absolute Gasteiger partial charge is 0.269 e. The standard InChI is InChI=1S/C18H17FN6OS/c1-12-17(27-11-21-12)18-22-16(23-26-18)10-24-5-7-25(8-6-24)15-4-2-3-14(19)13(15)9-20/h2-4,11H,5-8,10H2,1H3. The second kappa shape index (κ2) is 7.42.